The van der Waals surface area contributed by atoms with Gasteiger partial charge in [0.15, 0.2) is 0 Å². The third kappa shape index (κ3) is 7.37. The molecule has 2 atom stereocenters. The second kappa shape index (κ2) is 14.0. The number of aromatic nitrogens is 1. The van der Waals surface area contributed by atoms with Crippen LogP contribution in [-0.4, -0.2) is 84.9 Å². The number of nitrogens with zero attached hydrogens (tertiary/aromatic N) is 3. The number of likely N-dealkylation sites (tertiary alicyclic amines) is 1. The van der Waals surface area contributed by atoms with E-state index >= 15 is 0 Å². The molecule has 5 rings (SSSR count). The summed E-state index contributed by atoms with van der Waals surface area (Å²) < 4.78 is 0. The highest BCUT2D eigenvalue weighted by molar-refractivity contribution is 6.06. The van der Waals surface area contributed by atoms with E-state index in [1.54, 1.807) is 25.1 Å². The van der Waals surface area contributed by atoms with Crippen LogP contribution in [0.2, 0.25) is 0 Å². The van der Waals surface area contributed by atoms with Crippen molar-refractivity contribution in [1.82, 2.24) is 25.0 Å². The standard InChI is InChI=1S/C36H44N6O3/c1-24(30-22-37-31-14-10-9-13-28(30)31)33(39-36(45)42-19-17-27(18-20-42)26-11-7-6-8-12-26)34(43)38-32-21-25(23-40(2)3)15-16-29(32)35(44)41(4)5/h6-16,21-22,24,27,33,37H,17-20,23H2,1-5H3,(H,38,43)(H,39,45)/t24-,33+/m0/s1. The Morgan fingerprint density at radius 3 is 2.31 bits per heavy atom. The van der Waals surface area contributed by atoms with E-state index in [0.29, 0.717) is 36.8 Å². The minimum absolute atomic E-state index is 0.215. The van der Waals surface area contributed by atoms with Crippen LogP contribution in [0.15, 0.2) is 79.0 Å². The third-order valence-corrected chi connectivity index (χ3v) is 8.70. The van der Waals surface area contributed by atoms with Gasteiger partial charge in [-0.2, -0.15) is 0 Å². The van der Waals surface area contributed by atoms with Crippen molar-refractivity contribution >= 4 is 34.4 Å². The number of urea groups is 1. The molecule has 0 unspecified atom stereocenters. The molecule has 1 aliphatic heterocycles. The number of carbonyl (C=O) groups is 3. The molecule has 1 aromatic heterocycles. The second-order valence-electron chi connectivity index (χ2n) is 12.5. The van der Waals surface area contributed by atoms with E-state index in [1.807, 2.05) is 74.6 Å². The summed E-state index contributed by atoms with van der Waals surface area (Å²) in [6, 6.07) is 22.7. The van der Waals surface area contributed by atoms with Crippen molar-refractivity contribution in [2.75, 3.05) is 46.6 Å². The molecular weight excluding hydrogens is 564 g/mol. The lowest BCUT2D eigenvalue weighted by Gasteiger charge is -2.34. The molecule has 0 bridgehead atoms. The Bertz CT molecular complexity index is 1640. The van der Waals surface area contributed by atoms with Crippen molar-refractivity contribution in [2.45, 2.75) is 44.2 Å². The van der Waals surface area contributed by atoms with Gasteiger partial charge in [0.05, 0.1) is 11.3 Å². The van der Waals surface area contributed by atoms with E-state index in [4.69, 9.17) is 0 Å². The number of fused-ring (bicyclic) bond motifs is 1. The van der Waals surface area contributed by atoms with Gasteiger partial charge in [0.2, 0.25) is 5.91 Å². The van der Waals surface area contributed by atoms with Crippen LogP contribution in [0.4, 0.5) is 10.5 Å². The fourth-order valence-electron chi connectivity index (χ4n) is 6.23. The van der Waals surface area contributed by atoms with E-state index in [-0.39, 0.29) is 23.8 Å². The van der Waals surface area contributed by atoms with Gasteiger partial charge in [-0.25, -0.2) is 4.79 Å². The number of para-hydroxylation sites is 1. The Kier molecular flexibility index (Phi) is 9.88. The molecule has 0 radical (unpaired) electrons. The Morgan fingerprint density at radius 1 is 0.933 bits per heavy atom. The molecule has 9 heteroatoms. The molecule has 1 aliphatic rings. The van der Waals surface area contributed by atoms with Crippen LogP contribution in [0.1, 0.15) is 58.6 Å². The van der Waals surface area contributed by atoms with Crippen LogP contribution in [0.5, 0.6) is 0 Å². The van der Waals surface area contributed by atoms with Gasteiger partial charge in [0.25, 0.3) is 5.91 Å². The summed E-state index contributed by atoms with van der Waals surface area (Å²) in [7, 11) is 7.30. The van der Waals surface area contributed by atoms with Crippen LogP contribution in [-0.2, 0) is 11.3 Å². The minimum atomic E-state index is -0.900. The molecule has 236 valence electrons. The summed E-state index contributed by atoms with van der Waals surface area (Å²) in [6.07, 6.45) is 3.63. The number of hydrogen-bond donors (Lipinski definition) is 3. The molecule has 9 nitrogen and oxygen atoms in total. The number of hydrogen-bond acceptors (Lipinski definition) is 4. The van der Waals surface area contributed by atoms with Crippen LogP contribution in [0, 0.1) is 0 Å². The zero-order valence-electron chi connectivity index (χ0n) is 26.8. The normalized spacial score (nSPS) is 15.1. The molecule has 45 heavy (non-hydrogen) atoms. The van der Waals surface area contributed by atoms with Crippen molar-refractivity contribution in [3.05, 3.63) is 101 Å². The molecule has 0 aliphatic carbocycles. The first kappa shape index (κ1) is 31.8. The van der Waals surface area contributed by atoms with Crippen molar-refractivity contribution in [3.8, 4) is 0 Å². The summed E-state index contributed by atoms with van der Waals surface area (Å²) in [5, 5.41) is 7.13. The summed E-state index contributed by atoms with van der Waals surface area (Å²) in [5.74, 6) is -0.560. The summed E-state index contributed by atoms with van der Waals surface area (Å²) in [6.45, 7) is 3.81. The van der Waals surface area contributed by atoms with Gasteiger partial charge in [0, 0.05) is 56.7 Å². The monoisotopic (exact) mass is 608 g/mol. The van der Waals surface area contributed by atoms with Crippen LogP contribution in [0.3, 0.4) is 0 Å². The average molecular weight is 609 g/mol. The van der Waals surface area contributed by atoms with E-state index in [1.165, 1.54) is 10.5 Å². The molecule has 0 spiro atoms. The van der Waals surface area contributed by atoms with Gasteiger partial charge >= 0.3 is 6.03 Å². The number of carbonyl (C=O) groups excluding carboxylic acids is 3. The fraction of sp³-hybridized carbons (Fsp3) is 0.361. The third-order valence-electron chi connectivity index (χ3n) is 8.70. The predicted molar refractivity (Wildman–Crippen MR) is 180 cm³/mol. The maximum atomic E-state index is 14.2. The van der Waals surface area contributed by atoms with E-state index < -0.39 is 6.04 Å². The van der Waals surface area contributed by atoms with E-state index in [0.717, 1.165) is 34.9 Å². The summed E-state index contributed by atoms with van der Waals surface area (Å²) in [4.78, 5) is 49.7. The zero-order chi connectivity index (χ0) is 32.1. The van der Waals surface area contributed by atoms with E-state index in [2.05, 4.69) is 39.9 Å². The second-order valence-corrected chi connectivity index (χ2v) is 12.5. The van der Waals surface area contributed by atoms with Gasteiger partial charge in [-0.05, 0) is 67.7 Å². The molecule has 4 aromatic rings. The minimum Gasteiger partial charge on any atom is -0.361 e. The maximum absolute atomic E-state index is 14.2. The quantitative estimate of drug-likeness (QED) is 0.229. The Hall–Kier alpha value is -4.63. The highest BCUT2D eigenvalue weighted by Crippen LogP contribution is 2.31. The molecule has 1 saturated heterocycles. The lowest BCUT2D eigenvalue weighted by Crippen LogP contribution is -2.53. The maximum Gasteiger partial charge on any atom is 0.318 e. The highest BCUT2D eigenvalue weighted by Gasteiger charge is 2.33. The SMILES string of the molecule is C[C@@H](c1c[nH]c2ccccc12)[C@@H](NC(=O)N1CCC(c2ccccc2)CC1)C(=O)Nc1cc(CN(C)C)ccc1C(=O)N(C)C. The molecule has 2 heterocycles. The smallest absolute Gasteiger partial charge is 0.318 e. The number of nitrogens with one attached hydrogen (secondary N) is 3. The average Bonchev–Trinajstić information content (AvgIpc) is 3.47. The summed E-state index contributed by atoms with van der Waals surface area (Å²) in [5.41, 5.74) is 4.96. The van der Waals surface area contributed by atoms with Gasteiger partial charge < -0.3 is 30.3 Å². The van der Waals surface area contributed by atoms with Crippen molar-refractivity contribution in [1.29, 1.82) is 0 Å². The Morgan fingerprint density at radius 2 is 1.62 bits per heavy atom. The molecular formula is C36H44N6O3. The predicted octanol–water partition coefficient (Wildman–Crippen LogP) is 5.63. The number of piperidine rings is 1. The number of rotatable bonds is 9. The first-order chi connectivity index (χ1) is 21.6. The Balaban J connectivity index is 1.42. The summed E-state index contributed by atoms with van der Waals surface area (Å²) >= 11 is 0. The Labute approximate surface area is 265 Å². The zero-order valence-corrected chi connectivity index (χ0v) is 26.8. The first-order valence-corrected chi connectivity index (χ1v) is 15.6. The van der Waals surface area contributed by atoms with Gasteiger partial charge in [-0.1, -0.05) is 61.5 Å². The van der Waals surface area contributed by atoms with Crippen molar-refractivity contribution < 1.29 is 14.4 Å². The van der Waals surface area contributed by atoms with Gasteiger partial charge in [-0.15, -0.1) is 0 Å². The lowest BCUT2D eigenvalue weighted by atomic mass is 9.89. The van der Waals surface area contributed by atoms with Crippen molar-refractivity contribution in [2.24, 2.45) is 0 Å². The van der Waals surface area contributed by atoms with Crippen molar-refractivity contribution in [3.63, 3.8) is 0 Å². The van der Waals surface area contributed by atoms with E-state index in [9.17, 15) is 14.4 Å². The molecule has 0 saturated carbocycles. The molecule has 3 aromatic carbocycles. The van der Waals surface area contributed by atoms with Crippen LogP contribution < -0.4 is 10.6 Å². The highest BCUT2D eigenvalue weighted by atomic mass is 16.2. The number of anilines is 1. The number of aromatic amines is 1. The number of H-pyrrole nitrogens is 1. The fourth-order valence-corrected chi connectivity index (χ4v) is 6.23. The largest absolute Gasteiger partial charge is 0.361 e. The lowest BCUT2D eigenvalue weighted by molar-refractivity contribution is -0.118. The number of amides is 4. The molecule has 4 amide bonds. The first-order valence-electron chi connectivity index (χ1n) is 15.6. The molecule has 3 N–H and O–H groups in total. The van der Waals surface area contributed by atoms with Gasteiger partial charge in [0.1, 0.15) is 6.04 Å². The topological polar surface area (TPSA) is 101 Å². The van der Waals surface area contributed by atoms with Gasteiger partial charge in [-0.3, -0.25) is 9.59 Å². The van der Waals surface area contributed by atoms with Crippen LogP contribution >= 0.6 is 0 Å². The molecule has 1 fully saturated rings. The van der Waals surface area contributed by atoms with Crippen LogP contribution in [0.25, 0.3) is 10.9 Å². The number of benzene rings is 3.